The van der Waals surface area contributed by atoms with Crippen LogP contribution in [0.5, 0.6) is 0 Å². The summed E-state index contributed by atoms with van der Waals surface area (Å²) in [5.41, 5.74) is 1.95. The monoisotopic (exact) mass is 304 g/mol. The Balaban J connectivity index is 2.00. The summed E-state index contributed by atoms with van der Waals surface area (Å²) in [5.74, 6) is -0.216. The highest BCUT2D eigenvalue weighted by Crippen LogP contribution is 2.20. The Bertz CT molecular complexity index is 706. The lowest BCUT2D eigenvalue weighted by atomic mass is 10.2. The fraction of sp³-hybridized carbons (Fsp3) is 0.0714. The maximum Gasteiger partial charge on any atom is 0.123 e. The molecule has 0 saturated heterocycles. The molecular formula is C14H10BrFN2. The Labute approximate surface area is 112 Å². The van der Waals surface area contributed by atoms with Gasteiger partial charge in [0.1, 0.15) is 5.82 Å². The summed E-state index contributed by atoms with van der Waals surface area (Å²) in [6, 6.07) is 12.6. The quantitative estimate of drug-likeness (QED) is 0.700. The molecule has 0 bridgehead atoms. The van der Waals surface area contributed by atoms with E-state index in [0.717, 1.165) is 20.9 Å². The normalized spacial score (nSPS) is 11.0. The van der Waals surface area contributed by atoms with E-state index in [4.69, 9.17) is 0 Å². The van der Waals surface area contributed by atoms with Gasteiger partial charge >= 0.3 is 0 Å². The van der Waals surface area contributed by atoms with Crippen molar-refractivity contribution in [1.29, 1.82) is 0 Å². The second kappa shape index (κ2) is 4.53. The Kier molecular flexibility index (Phi) is 2.88. The average Bonchev–Trinajstić information content (AvgIpc) is 2.72. The molecule has 0 amide bonds. The van der Waals surface area contributed by atoms with Gasteiger partial charge in [0.2, 0.25) is 0 Å². The highest BCUT2D eigenvalue weighted by Gasteiger charge is 2.04. The summed E-state index contributed by atoms with van der Waals surface area (Å²) in [6.45, 7) is 0.572. The third-order valence-electron chi connectivity index (χ3n) is 2.83. The standard InChI is InChI=1S/C14H10BrFN2/c15-12-4-5-14-11(7-12)8-17-18(14)9-10-2-1-3-13(16)6-10/h1-8H,9H2. The summed E-state index contributed by atoms with van der Waals surface area (Å²) in [4.78, 5) is 0. The minimum atomic E-state index is -0.216. The number of hydrogen-bond donors (Lipinski definition) is 0. The van der Waals surface area contributed by atoms with E-state index >= 15 is 0 Å². The van der Waals surface area contributed by atoms with Crippen LogP contribution in [0.3, 0.4) is 0 Å². The van der Waals surface area contributed by atoms with Crippen LogP contribution in [0.25, 0.3) is 10.9 Å². The Morgan fingerprint density at radius 1 is 1.17 bits per heavy atom. The molecule has 3 aromatic rings. The minimum Gasteiger partial charge on any atom is -0.260 e. The highest BCUT2D eigenvalue weighted by atomic mass is 79.9. The van der Waals surface area contributed by atoms with Crippen LogP contribution in [0.15, 0.2) is 53.1 Å². The van der Waals surface area contributed by atoms with Gasteiger partial charge in [-0.25, -0.2) is 4.39 Å². The van der Waals surface area contributed by atoms with Crippen molar-refractivity contribution in [2.75, 3.05) is 0 Å². The molecule has 0 radical (unpaired) electrons. The van der Waals surface area contributed by atoms with E-state index in [1.54, 1.807) is 6.07 Å². The van der Waals surface area contributed by atoms with Gasteiger partial charge in [0.25, 0.3) is 0 Å². The van der Waals surface area contributed by atoms with Crippen molar-refractivity contribution in [3.8, 4) is 0 Å². The van der Waals surface area contributed by atoms with Crippen LogP contribution in [0.2, 0.25) is 0 Å². The summed E-state index contributed by atoms with van der Waals surface area (Å²) in [6.07, 6.45) is 1.82. The molecule has 0 N–H and O–H groups in total. The van der Waals surface area contributed by atoms with Crippen molar-refractivity contribution < 1.29 is 4.39 Å². The number of benzene rings is 2. The molecular weight excluding hydrogens is 295 g/mol. The van der Waals surface area contributed by atoms with Gasteiger partial charge in [-0.3, -0.25) is 4.68 Å². The Morgan fingerprint density at radius 3 is 2.89 bits per heavy atom. The van der Waals surface area contributed by atoms with Crippen molar-refractivity contribution in [3.63, 3.8) is 0 Å². The SMILES string of the molecule is Fc1cccc(Cn2ncc3cc(Br)ccc32)c1. The zero-order chi connectivity index (χ0) is 12.5. The molecule has 1 aromatic heterocycles. The third kappa shape index (κ3) is 2.16. The van der Waals surface area contributed by atoms with Gasteiger partial charge in [-0.15, -0.1) is 0 Å². The number of fused-ring (bicyclic) bond motifs is 1. The molecule has 18 heavy (non-hydrogen) atoms. The molecule has 90 valence electrons. The molecule has 0 unspecified atom stereocenters. The van der Waals surface area contributed by atoms with Gasteiger partial charge in [0, 0.05) is 9.86 Å². The van der Waals surface area contributed by atoms with Crippen molar-refractivity contribution in [2.24, 2.45) is 0 Å². The van der Waals surface area contributed by atoms with Crippen LogP contribution < -0.4 is 0 Å². The van der Waals surface area contributed by atoms with Gasteiger partial charge in [-0.05, 0) is 35.9 Å². The van der Waals surface area contributed by atoms with Gasteiger partial charge < -0.3 is 0 Å². The van der Waals surface area contributed by atoms with E-state index in [2.05, 4.69) is 21.0 Å². The van der Waals surface area contributed by atoms with Crippen LogP contribution in [-0.2, 0) is 6.54 Å². The van der Waals surface area contributed by atoms with Crippen LogP contribution in [0.1, 0.15) is 5.56 Å². The Hall–Kier alpha value is -1.68. The van der Waals surface area contributed by atoms with Crippen molar-refractivity contribution in [3.05, 3.63) is 64.5 Å². The first kappa shape index (κ1) is 11.4. The van der Waals surface area contributed by atoms with E-state index in [0.29, 0.717) is 6.54 Å². The van der Waals surface area contributed by atoms with Gasteiger partial charge in [0.15, 0.2) is 0 Å². The molecule has 0 atom stereocenters. The van der Waals surface area contributed by atoms with Crippen LogP contribution in [-0.4, -0.2) is 9.78 Å². The van der Waals surface area contributed by atoms with E-state index in [9.17, 15) is 4.39 Å². The molecule has 3 rings (SSSR count). The van der Waals surface area contributed by atoms with E-state index in [1.807, 2.05) is 35.1 Å². The maximum absolute atomic E-state index is 13.1. The second-order valence-electron chi connectivity index (χ2n) is 4.14. The lowest BCUT2D eigenvalue weighted by Crippen LogP contribution is -2.01. The highest BCUT2D eigenvalue weighted by molar-refractivity contribution is 9.10. The largest absolute Gasteiger partial charge is 0.260 e. The molecule has 0 spiro atoms. The second-order valence-corrected chi connectivity index (χ2v) is 5.05. The lowest BCUT2D eigenvalue weighted by molar-refractivity contribution is 0.621. The topological polar surface area (TPSA) is 17.8 Å². The van der Waals surface area contributed by atoms with Crippen molar-refractivity contribution in [1.82, 2.24) is 9.78 Å². The van der Waals surface area contributed by atoms with E-state index < -0.39 is 0 Å². The van der Waals surface area contributed by atoms with Crippen molar-refractivity contribution >= 4 is 26.8 Å². The average molecular weight is 305 g/mol. The first-order chi connectivity index (χ1) is 8.72. The molecule has 0 fully saturated rings. The summed E-state index contributed by atoms with van der Waals surface area (Å²) in [7, 11) is 0. The fourth-order valence-corrected chi connectivity index (χ4v) is 2.37. The smallest absolute Gasteiger partial charge is 0.123 e. The van der Waals surface area contributed by atoms with Crippen LogP contribution >= 0.6 is 15.9 Å². The Morgan fingerprint density at radius 2 is 2.06 bits per heavy atom. The fourth-order valence-electron chi connectivity index (χ4n) is 1.99. The number of hydrogen-bond acceptors (Lipinski definition) is 1. The van der Waals surface area contributed by atoms with Gasteiger partial charge in [-0.2, -0.15) is 5.10 Å². The predicted molar refractivity (Wildman–Crippen MR) is 72.9 cm³/mol. The summed E-state index contributed by atoms with van der Waals surface area (Å²) in [5, 5.41) is 5.40. The van der Waals surface area contributed by atoms with E-state index in [1.165, 1.54) is 12.1 Å². The van der Waals surface area contributed by atoms with Gasteiger partial charge in [0.05, 0.1) is 18.3 Å². The first-order valence-corrected chi connectivity index (χ1v) is 6.37. The van der Waals surface area contributed by atoms with Crippen molar-refractivity contribution in [2.45, 2.75) is 6.54 Å². The molecule has 2 nitrogen and oxygen atoms in total. The van der Waals surface area contributed by atoms with E-state index in [-0.39, 0.29) is 5.82 Å². The molecule has 0 saturated carbocycles. The predicted octanol–water partition coefficient (Wildman–Crippen LogP) is 3.99. The number of rotatable bonds is 2. The molecule has 4 heteroatoms. The third-order valence-corrected chi connectivity index (χ3v) is 3.32. The van der Waals surface area contributed by atoms with Crippen LogP contribution in [0.4, 0.5) is 4.39 Å². The zero-order valence-corrected chi connectivity index (χ0v) is 11.1. The molecule has 1 heterocycles. The molecule has 0 aliphatic rings. The maximum atomic E-state index is 13.1. The lowest BCUT2D eigenvalue weighted by Gasteiger charge is -2.04. The van der Waals surface area contributed by atoms with Crippen LogP contribution in [0, 0.1) is 5.82 Å². The van der Waals surface area contributed by atoms with Gasteiger partial charge in [-0.1, -0.05) is 28.1 Å². The summed E-state index contributed by atoms with van der Waals surface area (Å²) >= 11 is 3.43. The first-order valence-electron chi connectivity index (χ1n) is 5.58. The summed E-state index contributed by atoms with van der Waals surface area (Å²) < 4.78 is 16.0. The minimum absolute atomic E-state index is 0.216. The molecule has 0 aliphatic heterocycles. The number of nitrogens with zero attached hydrogens (tertiary/aromatic N) is 2. The molecule has 2 aromatic carbocycles. The number of halogens is 2. The molecule has 0 aliphatic carbocycles. The zero-order valence-electron chi connectivity index (χ0n) is 9.48. The number of aromatic nitrogens is 2.